The van der Waals surface area contributed by atoms with Gasteiger partial charge in [0.1, 0.15) is 0 Å². The third kappa shape index (κ3) is 2.33. The quantitative estimate of drug-likeness (QED) is 0.553. The molecule has 0 aliphatic rings. The summed E-state index contributed by atoms with van der Waals surface area (Å²) in [7, 11) is 0. The summed E-state index contributed by atoms with van der Waals surface area (Å²) in [5.41, 5.74) is 1.17. The number of rotatable bonds is 2. The van der Waals surface area contributed by atoms with Crippen molar-refractivity contribution >= 4 is 22.5 Å². The summed E-state index contributed by atoms with van der Waals surface area (Å²) in [4.78, 5) is 17.6. The SMILES string of the molecule is O=c1c2ccccc2nc(-c2ccco2)n1-c1ccc(Cl)cc1. The lowest BCUT2D eigenvalue weighted by Crippen LogP contribution is -2.21. The highest BCUT2D eigenvalue weighted by atomic mass is 35.5. The lowest BCUT2D eigenvalue weighted by molar-refractivity contribution is 0.574. The predicted octanol–water partition coefficient (Wildman–Crippen LogP) is 4.30. The van der Waals surface area contributed by atoms with Crippen molar-refractivity contribution in [2.24, 2.45) is 0 Å². The molecular formula is C18H11ClN2O2. The van der Waals surface area contributed by atoms with Crippen molar-refractivity contribution in [3.63, 3.8) is 0 Å². The van der Waals surface area contributed by atoms with Crippen LogP contribution in [-0.4, -0.2) is 9.55 Å². The van der Waals surface area contributed by atoms with Gasteiger partial charge in [0.2, 0.25) is 0 Å². The van der Waals surface area contributed by atoms with Crippen molar-refractivity contribution in [1.29, 1.82) is 0 Å². The number of aromatic nitrogens is 2. The average molecular weight is 323 g/mol. The van der Waals surface area contributed by atoms with Gasteiger partial charge in [-0.15, -0.1) is 0 Å². The van der Waals surface area contributed by atoms with Gasteiger partial charge in [-0.2, -0.15) is 0 Å². The molecule has 112 valence electrons. The molecule has 0 aliphatic heterocycles. The van der Waals surface area contributed by atoms with Gasteiger partial charge >= 0.3 is 0 Å². The van der Waals surface area contributed by atoms with E-state index < -0.39 is 0 Å². The van der Waals surface area contributed by atoms with Gasteiger partial charge in [0.25, 0.3) is 5.56 Å². The molecule has 4 aromatic rings. The summed E-state index contributed by atoms with van der Waals surface area (Å²) in [5, 5.41) is 1.16. The topological polar surface area (TPSA) is 48.0 Å². The molecule has 2 heterocycles. The summed E-state index contributed by atoms with van der Waals surface area (Å²) in [5.74, 6) is 0.990. The van der Waals surface area contributed by atoms with Gasteiger partial charge < -0.3 is 4.42 Å². The standard InChI is InChI=1S/C18H11ClN2O2/c19-12-7-9-13(10-8-12)21-17(16-6-3-11-23-16)20-15-5-2-1-4-14(15)18(21)22/h1-11H. The first-order valence-corrected chi connectivity index (χ1v) is 7.43. The smallest absolute Gasteiger partial charge is 0.266 e. The van der Waals surface area contributed by atoms with E-state index in [1.807, 2.05) is 18.2 Å². The summed E-state index contributed by atoms with van der Waals surface area (Å²) in [6, 6.07) is 17.9. The Bertz CT molecular complexity index is 1040. The molecule has 2 aromatic carbocycles. The van der Waals surface area contributed by atoms with Crippen molar-refractivity contribution < 1.29 is 4.42 Å². The van der Waals surface area contributed by atoms with Gasteiger partial charge in [0.15, 0.2) is 11.6 Å². The molecule has 0 aliphatic carbocycles. The second kappa shape index (κ2) is 5.41. The summed E-state index contributed by atoms with van der Waals surface area (Å²) in [6.07, 6.45) is 1.56. The first kappa shape index (κ1) is 13.8. The molecule has 0 amide bonds. The maximum Gasteiger partial charge on any atom is 0.266 e. The molecule has 2 aromatic heterocycles. The Hall–Kier alpha value is -2.85. The van der Waals surface area contributed by atoms with Crippen LogP contribution in [0.15, 0.2) is 76.1 Å². The Kier molecular flexibility index (Phi) is 3.24. The van der Waals surface area contributed by atoms with Crippen LogP contribution in [0.4, 0.5) is 0 Å². The second-order valence-corrected chi connectivity index (χ2v) is 5.48. The van der Waals surface area contributed by atoms with Crippen molar-refractivity contribution in [3.05, 3.63) is 82.3 Å². The number of nitrogens with zero attached hydrogens (tertiary/aromatic N) is 2. The Labute approximate surface area is 136 Å². The molecule has 4 nitrogen and oxygen atoms in total. The molecule has 0 unspecified atom stereocenters. The van der Waals surface area contributed by atoms with E-state index in [0.717, 1.165) is 0 Å². The van der Waals surface area contributed by atoms with Crippen LogP contribution < -0.4 is 5.56 Å². The third-order valence-electron chi connectivity index (χ3n) is 3.60. The predicted molar refractivity (Wildman–Crippen MR) is 90.1 cm³/mol. The molecule has 0 fully saturated rings. The molecule has 4 rings (SSSR count). The van der Waals surface area contributed by atoms with E-state index in [-0.39, 0.29) is 5.56 Å². The summed E-state index contributed by atoms with van der Waals surface area (Å²) >= 11 is 5.95. The minimum Gasteiger partial charge on any atom is -0.461 e. The van der Waals surface area contributed by atoms with Gasteiger partial charge in [0, 0.05) is 5.02 Å². The molecule has 23 heavy (non-hydrogen) atoms. The van der Waals surface area contributed by atoms with Crippen molar-refractivity contribution in [2.45, 2.75) is 0 Å². The Morgan fingerprint density at radius 2 is 1.74 bits per heavy atom. The van der Waals surface area contributed by atoms with E-state index in [2.05, 4.69) is 4.98 Å². The first-order chi connectivity index (χ1) is 11.2. The fourth-order valence-electron chi connectivity index (χ4n) is 2.53. The summed E-state index contributed by atoms with van der Waals surface area (Å²) < 4.78 is 7.00. The molecular weight excluding hydrogens is 312 g/mol. The van der Waals surface area contributed by atoms with Crippen LogP contribution in [0.25, 0.3) is 28.2 Å². The third-order valence-corrected chi connectivity index (χ3v) is 3.85. The minimum absolute atomic E-state index is 0.149. The van der Waals surface area contributed by atoms with Crippen LogP contribution in [0.1, 0.15) is 0 Å². The normalized spacial score (nSPS) is 11.0. The number of hydrogen-bond donors (Lipinski definition) is 0. The van der Waals surface area contributed by atoms with Crippen LogP contribution in [-0.2, 0) is 0 Å². The van der Waals surface area contributed by atoms with Gasteiger partial charge in [0.05, 0.1) is 22.9 Å². The average Bonchev–Trinajstić information content (AvgIpc) is 3.10. The second-order valence-electron chi connectivity index (χ2n) is 5.05. The van der Waals surface area contributed by atoms with Gasteiger partial charge in [-0.3, -0.25) is 9.36 Å². The van der Waals surface area contributed by atoms with E-state index in [1.54, 1.807) is 48.7 Å². The molecule has 0 atom stereocenters. The molecule has 5 heteroatoms. The molecule has 0 N–H and O–H groups in total. The van der Waals surface area contributed by atoms with E-state index in [4.69, 9.17) is 16.0 Å². The van der Waals surface area contributed by atoms with Crippen molar-refractivity contribution in [2.75, 3.05) is 0 Å². The zero-order chi connectivity index (χ0) is 15.8. The number of furan rings is 1. The number of hydrogen-bond acceptors (Lipinski definition) is 3. The largest absolute Gasteiger partial charge is 0.461 e. The summed E-state index contributed by atoms with van der Waals surface area (Å²) in [6.45, 7) is 0. The fourth-order valence-corrected chi connectivity index (χ4v) is 2.66. The van der Waals surface area contributed by atoms with Crippen molar-refractivity contribution in [3.8, 4) is 17.3 Å². The zero-order valence-corrected chi connectivity index (χ0v) is 12.7. The van der Waals surface area contributed by atoms with Crippen LogP contribution in [0.3, 0.4) is 0 Å². The number of para-hydroxylation sites is 1. The van der Waals surface area contributed by atoms with Crippen LogP contribution in [0.2, 0.25) is 5.02 Å². The number of fused-ring (bicyclic) bond motifs is 1. The van der Waals surface area contributed by atoms with Crippen LogP contribution in [0, 0.1) is 0 Å². The highest BCUT2D eigenvalue weighted by Gasteiger charge is 2.15. The van der Waals surface area contributed by atoms with E-state index in [1.165, 1.54) is 4.57 Å². The van der Waals surface area contributed by atoms with E-state index in [9.17, 15) is 4.79 Å². The Balaban J connectivity index is 2.11. The Morgan fingerprint density at radius 1 is 0.957 bits per heavy atom. The lowest BCUT2D eigenvalue weighted by Gasteiger charge is -2.12. The minimum atomic E-state index is -0.149. The Morgan fingerprint density at radius 3 is 2.48 bits per heavy atom. The molecule has 0 bridgehead atoms. The van der Waals surface area contributed by atoms with Crippen LogP contribution in [0.5, 0.6) is 0 Å². The van der Waals surface area contributed by atoms with Crippen LogP contribution >= 0.6 is 11.6 Å². The number of benzene rings is 2. The molecule has 0 spiro atoms. The highest BCUT2D eigenvalue weighted by molar-refractivity contribution is 6.30. The molecule has 0 saturated carbocycles. The number of halogens is 1. The first-order valence-electron chi connectivity index (χ1n) is 7.06. The van der Waals surface area contributed by atoms with Gasteiger partial charge in [-0.25, -0.2) is 4.98 Å². The van der Waals surface area contributed by atoms with E-state index >= 15 is 0 Å². The lowest BCUT2D eigenvalue weighted by atomic mass is 10.2. The molecule has 0 radical (unpaired) electrons. The highest BCUT2D eigenvalue weighted by Crippen LogP contribution is 2.23. The van der Waals surface area contributed by atoms with Gasteiger partial charge in [-0.1, -0.05) is 23.7 Å². The van der Waals surface area contributed by atoms with Crippen molar-refractivity contribution in [1.82, 2.24) is 9.55 Å². The fraction of sp³-hybridized carbons (Fsp3) is 0. The van der Waals surface area contributed by atoms with Gasteiger partial charge in [-0.05, 0) is 48.5 Å². The van der Waals surface area contributed by atoms with E-state index in [0.29, 0.717) is 33.2 Å². The maximum atomic E-state index is 13.0. The molecule has 0 saturated heterocycles. The maximum absolute atomic E-state index is 13.0. The zero-order valence-electron chi connectivity index (χ0n) is 11.9. The monoisotopic (exact) mass is 322 g/mol.